The number of aliphatic hydroxyl groups is 1. The number of hydrogen-bond donors (Lipinski definition) is 1. The van der Waals surface area contributed by atoms with Crippen LogP contribution < -0.4 is 9.64 Å². The summed E-state index contributed by atoms with van der Waals surface area (Å²) < 4.78 is 33.9. The zero-order valence-electron chi connectivity index (χ0n) is 21.4. The number of rotatable bonds is 14. The van der Waals surface area contributed by atoms with Crippen LogP contribution in [0.3, 0.4) is 0 Å². The Hall–Kier alpha value is -2.52. The highest BCUT2D eigenvalue weighted by atomic mass is 127. The SMILES string of the molecule is O=C1C(CCC(O)c2ccc(F)cc2)C(c2ccc(OCCCCCCCI)cc2)N1c1ccc(F)cc1. The number of alkyl halides is 1. The van der Waals surface area contributed by atoms with Crippen molar-refractivity contribution in [1.29, 1.82) is 0 Å². The number of carbonyl (C=O) groups is 1. The second-order valence-electron chi connectivity index (χ2n) is 9.75. The van der Waals surface area contributed by atoms with Gasteiger partial charge in [-0.3, -0.25) is 4.79 Å². The molecule has 1 fully saturated rings. The Morgan fingerprint density at radius 3 is 2.11 bits per heavy atom. The number of amides is 1. The molecular formula is C31H34F2INO3. The fraction of sp³-hybridized carbons (Fsp3) is 0.387. The molecule has 3 aromatic rings. The Bertz CT molecular complexity index is 1160. The average Bonchev–Trinajstić information content (AvgIpc) is 2.93. The van der Waals surface area contributed by atoms with Gasteiger partial charge in [-0.25, -0.2) is 8.78 Å². The van der Waals surface area contributed by atoms with E-state index in [9.17, 15) is 18.7 Å². The van der Waals surface area contributed by atoms with Crippen molar-refractivity contribution in [3.63, 3.8) is 0 Å². The minimum atomic E-state index is -0.790. The molecule has 4 rings (SSSR count). The predicted octanol–water partition coefficient (Wildman–Crippen LogP) is 7.95. The van der Waals surface area contributed by atoms with Crippen molar-refractivity contribution in [2.45, 2.75) is 57.1 Å². The largest absolute Gasteiger partial charge is 0.494 e. The maximum Gasteiger partial charge on any atom is 0.233 e. The normalized spacial score (nSPS) is 17.8. The van der Waals surface area contributed by atoms with Gasteiger partial charge in [-0.15, -0.1) is 0 Å². The second kappa shape index (κ2) is 14.0. The lowest BCUT2D eigenvalue weighted by molar-refractivity contribution is -0.131. The van der Waals surface area contributed by atoms with Gasteiger partial charge < -0.3 is 14.7 Å². The van der Waals surface area contributed by atoms with Gasteiger partial charge in [-0.05, 0) is 89.8 Å². The minimum absolute atomic E-state index is 0.0594. The fourth-order valence-electron chi connectivity index (χ4n) is 4.97. The molecule has 3 aromatic carbocycles. The van der Waals surface area contributed by atoms with Crippen molar-refractivity contribution >= 4 is 34.2 Å². The summed E-state index contributed by atoms with van der Waals surface area (Å²) in [7, 11) is 0. The van der Waals surface area contributed by atoms with E-state index in [1.807, 2.05) is 24.3 Å². The Morgan fingerprint density at radius 2 is 1.45 bits per heavy atom. The van der Waals surface area contributed by atoms with Gasteiger partial charge in [0.1, 0.15) is 17.4 Å². The summed E-state index contributed by atoms with van der Waals surface area (Å²) in [6.07, 6.45) is 6.01. The van der Waals surface area contributed by atoms with Crippen molar-refractivity contribution in [2.24, 2.45) is 5.92 Å². The average molecular weight is 634 g/mol. The number of unbranched alkanes of at least 4 members (excludes halogenated alkanes) is 4. The van der Waals surface area contributed by atoms with Crippen LogP contribution in [0.1, 0.15) is 68.2 Å². The van der Waals surface area contributed by atoms with Crippen LogP contribution in [0.15, 0.2) is 72.8 Å². The number of β-lactam (4-membered cyclic amide) rings is 1. The van der Waals surface area contributed by atoms with E-state index < -0.39 is 6.10 Å². The van der Waals surface area contributed by atoms with E-state index in [0.29, 0.717) is 30.7 Å². The van der Waals surface area contributed by atoms with Crippen molar-refractivity contribution in [2.75, 3.05) is 15.9 Å². The van der Waals surface area contributed by atoms with E-state index in [-0.39, 0.29) is 29.5 Å². The molecule has 0 aromatic heterocycles. The molecule has 0 bridgehead atoms. The quantitative estimate of drug-likeness (QED) is 0.0849. The van der Waals surface area contributed by atoms with Gasteiger partial charge in [0, 0.05) is 5.69 Å². The van der Waals surface area contributed by atoms with Gasteiger partial charge in [0.15, 0.2) is 0 Å². The molecule has 0 radical (unpaired) electrons. The summed E-state index contributed by atoms with van der Waals surface area (Å²) in [4.78, 5) is 14.9. The number of hydrogen-bond acceptors (Lipinski definition) is 3. The van der Waals surface area contributed by atoms with E-state index in [4.69, 9.17) is 4.74 Å². The molecule has 1 amide bonds. The van der Waals surface area contributed by atoms with E-state index in [2.05, 4.69) is 22.6 Å². The number of aliphatic hydroxyl groups excluding tert-OH is 1. The molecule has 7 heteroatoms. The van der Waals surface area contributed by atoms with Gasteiger partial charge in [-0.1, -0.05) is 66.1 Å². The minimum Gasteiger partial charge on any atom is -0.494 e. The van der Waals surface area contributed by atoms with Crippen LogP contribution >= 0.6 is 22.6 Å². The van der Waals surface area contributed by atoms with E-state index in [1.165, 1.54) is 48.0 Å². The van der Waals surface area contributed by atoms with E-state index in [0.717, 1.165) is 24.2 Å². The molecule has 202 valence electrons. The Kier molecular flexibility index (Phi) is 10.5. The molecule has 4 nitrogen and oxygen atoms in total. The molecule has 1 heterocycles. The summed E-state index contributed by atoms with van der Waals surface area (Å²) in [6.45, 7) is 0.678. The zero-order chi connectivity index (χ0) is 26.9. The van der Waals surface area contributed by atoms with Crippen molar-refractivity contribution < 1.29 is 23.4 Å². The van der Waals surface area contributed by atoms with Crippen molar-refractivity contribution in [3.05, 3.63) is 95.6 Å². The first-order valence-corrected chi connectivity index (χ1v) is 14.8. The lowest BCUT2D eigenvalue weighted by Crippen LogP contribution is -2.55. The third-order valence-corrected chi connectivity index (χ3v) is 7.86. The lowest BCUT2D eigenvalue weighted by Gasteiger charge is -2.48. The van der Waals surface area contributed by atoms with Crippen LogP contribution in [0.25, 0.3) is 0 Å². The standard InChI is InChI=1S/C31H34F2INO3/c32-24-10-6-22(7-11-24)29(36)19-18-28-30(35(31(28)37)26-14-12-25(33)13-15-26)23-8-16-27(17-9-23)38-21-5-3-1-2-4-20-34/h6-17,28-30,36H,1-5,18-21H2. The number of halogens is 3. The molecule has 1 aliphatic heterocycles. The highest BCUT2D eigenvalue weighted by Gasteiger charge is 2.48. The van der Waals surface area contributed by atoms with Gasteiger partial charge in [0.2, 0.25) is 5.91 Å². The first-order valence-electron chi connectivity index (χ1n) is 13.3. The number of nitrogens with zero attached hydrogens (tertiary/aromatic N) is 1. The zero-order valence-corrected chi connectivity index (χ0v) is 23.5. The van der Waals surface area contributed by atoms with Gasteiger partial charge in [0.05, 0.1) is 24.7 Å². The third kappa shape index (κ3) is 7.32. The smallest absolute Gasteiger partial charge is 0.233 e. The molecule has 1 saturated heterocycles. The van der Waals surface area contributed by atoms with Crippen LogP contribution in [0.4, 0.5) is 14.5 Å². The molecule has 3 unspecified atom stereocenters. The molecular weight excluding hydrogens is 599 g/mol. The predicted molar refractivity (Wildman–Crippen MR) is 155 cm³/mol. The highest BCUT2D eigenvalue weighted by molar-refractivity contribution is 14.1. The molecule has 1 N–H and O–H groups in total. The van der Waals surface area contributed by atoms with Gasteiger partial charge >= 0.3 is 0 Å². The topological polar surface area (TPSA) is 49.8 Å². The number of anilines is 1. The number of ether oxygens (including phenoxy) is 1. The van der Waals surface area contributed by atoms with Crippen molar-refractivity contribution in [3.8, 4) is 5.75 Å². The first kappa shape index (κ1) is 28.5. The van der Waals surface area contributed by atoms with Crippen LogP contribution in [0, 0.1) is 17.6 Å². The van der Waals surface area contributed by atoms with Crippen LogP contribution in [0.5, 0.6) is 5.75 Å². The molecule has 38 heavy (non-hydrogen) atoms. The molecule has 0 spiro atoms. The Labute approximate surface area is 237 Å². The van der Waals surface area contributed by atoms with E-state index in [1.54, 1.807) is 29.2 Å². The number of carbonyl (C=O) groups excluding carboxylic acids is 1. The molecule has 0 saturated carbocycles. The first-order chi connectivity index (χ1) is 18.5. The summed E-state index contributed by atoms with van der Waals surface area (Å²) >= 11 is 2.41. The van der Waals surface area contributed by atoms with E-state index >= 15 is 0 Å². The van der Waals surface area contributed by atoms with Crippen LogP contribution in [0.2, 0.25) is 0 Å². The summed E-state index contributed by atoms with van der Waals surface area (Å²) in [5.74, 6) is -0.309. The summed E-state index contributed by atoms with van der Waals surface area (Å²) in [5, 5.41) is 10.6. The van der Waals surface area contributed by atoms with Crippen molar-refractivity contribution in [1.82, 2.24) is 0 Å². The molecule has 1 aliphatic rings. The van der Waals surface area contributed by atoms with Gasteiger partial charge in [0.25, 0.3) is 0 Å². The highest BCUT2D eigenvalue weighted by Crippen LogP contribution is 2.46. The van der Waals surface area contributed by atoms with Gasteiger partial charge in [-0.2, -0.15) is 0 Å². The molecule has 3 atom stereocenters. The summed E-state index contributed by atoms with van der Waals surface area (Å²) in [5.41, 5.74) is 2.22. The monoisotopic (exact) mass is 633 g/mol. The van der Waals surface area contributed by atoms with Crippen LogP contribution in [-0.4, -0.2) is 22.0 Å². The Balaban J connectivity index is 1.41. The second-order valence-corrected chi connectivity index (χ2v) is 10.8. The molecule has 0 aliphatic carbocycles. The number of benzene rings is 3. The fourth-order valence-corrected chi connectivity index (χ4v) is 5.51. The maximum atomic E-state index is 13.5. The lowest BCUT2D eigenvalue weighted by atomic mass is 9.78. The third-order valence-electron chi connectivity index (χ3n) is 7.09. The summed E-state index contributed by atoms with van der Waals surface area (Å²) in [6, 6.07) is 19.3. The Morgan fingerprint density at radius 1 is 0.842 bits per heavy atom. The van der Waals surface area contributed by atoms with Crippen LogP contribution in [-0.2, 0) is 4.79 Å². The maximum absolute atomic E-state index is 13.5.